The topological polar surface area (TPSA) is 69.7 Å². The molecule has 28 heavy (non-hydrogen) atoms. The summed E-state index contributed by atoms with van der Waals surface area (Å²) < 4.78 is 39.7. The lowest BCUT2D eigenvalue weighted by Gasteiger charge is -2.34. The fourth-order valence-electron chi connectivity index (χ4n) is 3.30. The Bertz CT molecular complexity index is 933. The van der Waals surface area contributed by atoms with Gasteiger partial charge in [-0.15, -0.1) is 0 Å². The molecule has 2 aromatic carbocycles. The van der Waals surface area contributed by atoms with Crippen LogP contribution in [0.3, 0.4) is 0 Å². The van der Waals surface area contributed by atoms with E-state index in [-0.39, 0.29) is 30.4 Å². The number of benzene rings is 2. The summed E-state index contributed by atoms with van der Waals surface area (Å²) in [4.78, 5) is 14.2. The molecule has 1 amide bonds. The Morgan fingerprint density at radius 2 is 1.57 bits per heavy atom. The zero-order chi connectivity index (χ0) is 20.3. The van der Waals surface area contributed by atoms with Gasteiger partial charge in [0, 0.05) is 31.9 Å². The Morgan fingerprint density at radius 3 is 2.14 bits per heavy atom. The highest BCUT2D eigenvalue weighted by Gasteiger charge is 2.30. The lowest BCUT2D eigenvalue weighted by molar-refractivity contribution is -0.130. The van der Waals surface area contributed by atoms with Gasteiger partial charge >= 0.3 is 0 Å². The number of piperazine rings is 1. The summed E-state index contributed by atoms with van der Waals surface area (Å²) in [6, 6.07) is 10.7. The summed E-state index contributed by atoms with van der Waals surface area (Å²) >= 11 is 0. The Morgan fingerprint density at radius 1 is 1.00 bits per heavy atom. The fraction of sp³-hybridized carbons (Fsp3) is 0.350. The first-order valence-electron chi connectivity index (χ1n) is 9.12. The molecule has 0 atom stereocenters. The summed E-state index contributed by atoms with van der Waals surface area (Å²) in [5.41, 5.74) is 3.10. The number of anilines is 1. The number of halogens is 1. The van der Waals surface area contributed by atoms with Crippen molar-refractivity contribution in [3.05, 3.63) is 59.4 Å². The van der Waals surface area contributed by atoms with Gasteiger partial charge in [0.15, 0.2) is 0 Å². The number of nitrogens with zero attached hydrogens (tertiary/aromatic N) is 2. The van der Waals surface area contributed by atoms with Crippen molar-refractivity contribution >= 4 is 21.6 Å². The first-order valence-corrected chi connectivity index (χ1v) is 10.6. The summed E-state index contributed by atoms with van der Waals surface area (Å²) in [5, 5.41) is 3.19. The molecule has 0 spiro atoms. The van der Waals surface area contributed by atoms with E-state index in [4.69, 9.17) is 0 Å². The molecule has 0 saturated carbocycles. The fourth-order valence-corrected chi connectivity index (χ4v) is 4.72. The van der Waals surface area contributed by atoms with E-state index >= 15 is 0 Å². The van der Waals surface area contributed by atoms with E-state index in [9.17, 15) is 17.6 Å². The number of nitrogens with one attached hydrogen (secondary N) is 1. The van der Waals surface area contributed by atoms with Crippen molar-refractivity contribution < 1.29 is 17.6 Å². The molecule has 0 unspecified atom stereocenters. The van der Waals surface area contributed by atoms with Gasteiger partial charge in [-0.1, -0.05) is 18.2 Å². The number of hydrogen-bond acceptors (Lipinski definition) is 4. The predicted octanol–water partition coefficient (Wildman–Crippen LogP) is 2.39. The minimum Gasteiger partial charge on any atom is -0.376 e. The zero-order valence-electron chi connectivity index (χ0n) is 16.0. The van der Waals surface area contributed by atoms with E-state index in [0.717, 1.165) is 28.9 Å². The molecule has 150 valence electrons. The highest BCUT2D eigenvalue weighted by atomic mass is 32.2. The van der Waals surface area contributed by atoms with Crippen LogP contribution in [0.2, 0.25) is 0 Å². The molecular weight excluding hydrogens is 381 g/mol. The largest absolute Gasteiger partial charge is 0.376 e. The maximum atomic E-state index is 13.0. The second-order valence-electron chi connectivity index (χ2n) is 6.86. The lowest BCUT2D eigenvalue weighted by atomic mass is 10.1. The average molecular weight is 405 g/mol. The van der Waals surface area contributed by atoms with Gasteiger partial charge in [0.05, 0.1) is 11.4 Å². The molecule has 0 aliphatic carbocycles. The normalized spacial score (nSPS) is 15.5. The van der Waals surface area contributed by atoms with Crippen LogP contribution in [0.5, 0.6) is 0 Å². The third kappa shape index (κ3) is 4.34. The molecule has 1 fully saturated rings. The van der Waals surface area contributed by atoms with Crippen molar-refractivity contribution in [2.75, 3.05) is 38.0 Å². The predicted molar refractivity (Wildman–Crippen MR) is 106 cm³/mol. The van der Waals surface area contributed by atoms with Crippen LogP contribution in [0.15, 0.2) is 47.4 Å². The molecular formula is C20H24FN3O3S. The third-order valence-corrected chi connectivity index (χ3v) is 6.85. The van der Waals surface area contributed by atoms with Gasteiger partial charge in [-0.05, 0) is 49.2 Å². The van der Waals surface area contributed by atoms with Crippen molar-refractivity contribution in [3.63, 3.8) is 0 Å². The number of carbonyl (C=O) groups excluding carboxylic acids is 1. The first-order chi connectivity index (χ1) is 13.3. The number of sulfonamides is 1. The summed E-state index contributed by atoms with van der Waals surface area (Å²) in [7, 11) is -3.68. The number of rotatable bonds is 5. The van der Waals surface area contributed by atoms with Crippen LogP contribution in [0.4, 0.5) is 10.1 Å². The van der Waals surface area contributed by atoms with Gasteiger partial charge in [0.1, 0.15) is 5.82 Å². The van der Waals surface area contributed by atoms with Crippen LogP contribution < -0.4 is 5.32 Å². The minimum atomic E-state index is -3.68. The number of hydrogen-bond donors (Lipinski definition) is 1. The van der Waals surface area contributed by atoms with Gasteiger partial charge < -0.3 is 10.2 Å². The first kappa shape index (κ1) is 20.3. The van der Waals surface area contributed by atoms with Crippen molar-refractivity contribution in [2.24, 2.45) is 0 Å². The van der Waals surface area contributed by atoms with Crippen LogP contribution in [-0.2, 0) is 14.8 Å². The van der Waals surface area contributed by atoms with Crippen LogP contribution >= 0.6 is 0 Å². The Hall–Kier alpha value is -2.45. The van der Waals surface area contributed by atoms with E-state index in [0.29, 0.717) is 13.1 Å². The Labute approximate surface area is 165 Å². The Balaban J connectivity index is 1.57. The van der Waals surface area contributed by atoms with Crippen molar-refractivity contribution in [1.82, 2.24) is 9.21 Å². The van der Waals surface area contributed by atoms with Crippen molar-refractivity contribution in [3.8, 4) is 0 Å². The van der Waals surface area contributed by atoms with Gasteiger partial charge in [0.25, 0.3) is 0 Å². The maximum Gasteiger partial charge on any atom is 0.243 e. The van der Waals surface area contributed by atoms with Gasteiger partial charge in [-0.25, -0.2) is 12.8 Å². The molecule has 0 radical (unpaired) electrons. The molecule has 6 nitrogen and oxygen atoms in total. The van der Waals surface area contributed by atoms with E-state index in [1.54, 1.807) is 4.90 Å². The molecule has 0 aromatic heterocycles. The monoisotopic (exact) mass is 405 g/mol. The van der Waals surface area contributed by atoms with E-state index in [2.05, 4.69) is 5.32 Å². The molecule has 3 rings (SSSR count). The zero-order valence-corrected chi connectivity index (χ0v) is 16.8. The summed E-state index contributed by atoms with van der Waals surface area (Å²) in [6.07, 6.45) is 0. The lowest BCUT2D eigenvalue weighted by Crippen LogP contribution is -2.51. The number of para-hydroxylation sites is 1. The maximum absolute atomic E-state index is 13.0. The van der Waals surface area contributed by atoms with Gasteiger partial charge in [-0.2, -0.15) is 4.31 Å². The van der Waals surface area contributed by atoms with Gasteiger partial charge in [0.2, 0.25) is 15.9 Å². The SMILES string of the molecule is Cc1cccc(C)c1NCC(=O)N1CCN(S(=O)(=O)c2ccc(F)cc2)CC1. The molecule has 0 bridgehead atoms. The van der Waals surface area contributed by atoms with Crippen molar-refractivity contribution in [1.29, 1.82) is 0 Å². The van der Waals surface area contributed by atoms with Crippen molar-refractivity contribution in [2.45, 2.75) is 18.7 Å². The van der Waals surface area contributed by atoms with E-state index in [1.165, 1.54) is 16.4 Å². The van der Waals surface area contributed by atoms with Crippen LogP contribution in [-0.4, -0.2) is 56.3 Å². The number of aryl methyl sites for hydroxylation is 2. The van der Waals surface area contributed by atoms with E-state index in [1.807, 2.05) is 32.0 Å². The van der Waals surface area contributed by atoms with Gasteiger partial charge in [-0.3, -0.25) is 4.79 Å². The molecule has 8 heteroatoms. The van der Waals surface area contributed by atoms with Crippen LogP contribution in [0.1, 0.15) is 11.1 Å². The molecule has 1 aliphatic heterocycles. The quantitative estimate of drug-likeness (QED) is 0.829. The smallest absolute Gasteiger partial charge is 0.243 e. The average Bonchev–Trinajstić information content (AvgIpc) is 2.68. The number of amides is 1. The number of carbonyl (C=O) groups is 1. The van der Waals surface area contributed by atoms with Crippen LogP contribution in [0.25, 0.3) is 0 Å². The second kappa shape index (κ2) is 8.28. The molecule has 1 saturated heterocycles. The molecule has 1 N–H and O–H groups in total. The standard InChI is InChI=1S/C20H24FN3O3S/c1-15-4-3-5-16(2)20(15)22-14-19(25)23-10-12-24(13-11-23)28(26,27)18-8-6-17(21)7-9-18/h3-9,22H,10-14H2,1-2H3. The molecule has 2 aromatic rings. The highest BCUT2D eigenvalue weighted by Crippen LogP contribution is 2.20. The van der Waals surface area contributed by atoms with E-state index < -0.39 is 15.8 Å². The molecule has 1 aliphatic rings. The molecule has 1 heterocycles. The summed E-state index contributed by atoms with van der Waals surface area (Å²) in [6.45, 7) is 5.22. The highest BCUT2D eigenvalue weighted by molar-refractivity contribution is 7.89. The Kier molecular flexibility index (Phi) is 6.00. The second-order valence-corrected chi connectivity index (χ2v) is 8.80. The summed E-state index contributed by atoms with van der Waals surface area (Å²) in [5.74, 6) is -0.549. The van der Waals surface area contributed by atoms with Crippen LogP contribution in [0, 0.1) is 19.7 Å². The third-order valence-electron chi connectivity index (χ3n) is 4.94. The minimum absolute atomic E-state index is 0.0605.